The number of rotatable bonds is 5. The van der Waals surface area contributed by atoms with Gasteiger partial charge in [0.1, 0.15) is 17.7 Å². The molecule has 2 rings (SSSR count). The van der Waals surface area contributed by atoms with Gasteiger partial charge in [-0.1, -0.05) is 30.3 Å². The minimum atomic E-state index is -1.01. The predicted molar refractivity (Wildman–Crippen MR) is 100 cm³/mol. The molecule has 2 atom stereocenters. The first-order valence-corrected chi connectivity index (χ1v) is 9.17. The molecule has 2 amide bonds. The Balaban J connectivity index is 2.24. The zero-order valence-electron chi connectivity index (χ0n) is 16.3. The Bertz CT molecular complexity index is 683. The average molecular weight is 376 g/mol. The molecule has 27 heavy (non-hydrogen) atoms. The molecule has 0 spiro atoms. The van der Waals surface area contributed by atoms with Crippen LogP contribution in [0.4, 0.5) is 4.79 Å². The van der Waals surface area contributed by atoms with Crippen molar-refractivity contribution in [3.05, 3.63) is 35.9 Å². The smallest absolute Gasteiger partial charge is 0.411 e. The summed E-state index contributed by atoms with van der Waals surface area (Å²) >= 11 is 0. The summed E-state index contributed by atoms with van der Waals surface area (Å²) in [5, 5.41) is 9.35. The first kappa shape index (κ1) is 20.7. The SMILES string of the molecule is CC(C(=O)N1CCC[C@H]1C(=O)O)N(Cc1ccccc1)C(=O)OC(C)(C)C. The highest BCUT2D eigenvalue weighted by Gasteiger charge is 2.39. The van der Waals surface area contributed by atoms with Crippen molar-refractivity contribution in [1.82, 2.24) is 9.80 Å². The van der Waals surface area contributed by atoms with E-state index in [9.17, 15) is 19.5 Å². The van der Waals surface area contributed by atoms with Gasteiger partial charge in [0.15, 0.2) is 0 Å². The van der Waals surface area contributed by atoms with Crippen molar-refractivity contribution in [2.24, 2.45) is 0 Å². The predicted octanol–water partition coefficient (Wildman–Crippen LogP) is 2.89. The van der Waals surface area contributed by atoms with E-state index >= 15 is 0 Å². The van der Waals surface area contributed by atoms with Crippen molar-refractivity contribution in [2.45, 2.75) is 64.8 Å². The van der Waals surface area contributed by atoms with Gasteiger partial charge in [-0.2, -0.15) is 0 Å². The minimum absolute atomic E-state index is 0.203. The summed E-state index contributed by atoms with van der Waals surface area (Å²) in [7, 11) is 0. The summed E-state index contributed by atoms with van der Waals surface area (Å²) < 4.78 is 5.48. The molecule has 1 unspecified atom stereocenters. The van der Waals surface area contributed by atoms with Crippen LogP contribution in [0.1, 0.15) is 46.1 Å². The normalized spacial score (nSPS) is 18.1. The molecule has 1 aromatic rings. The number of carboxylic acids is 1. The summed E-state index contributed by atoms with van der Waals surface area (Å²) in [6.07, 6.45) is 0.470. The van der Waals surface area contributed by atoms with Crippen molar-refractivity contribution < 1.29 is 24.2 Å². The topological polar surface area (TPSA) is 87.2 Å². The number of benzene rings is 1. The number of amides is 2. The van der Waals surface area contributed by atoms with Gasteiger partial charge in [-0.05, 0) is 46.1 Å². The maximum Gasteiger partial charge on any atom is 0.411 e. The molecule has 0 aromatic heterocycles. The van der Waals surface area contributed by atoms with E-state index in [-0.39, 0.29) is 12.5 Å². The molecular weight excluding hydrogens is 348 g/mol. The van der Waals surface area contributed by atoms with Gasteiger partial charge in [-0.3, -0.25) is 9.69 Å². The summed E-state index contributed by atoms with van der Waals surface area (Å²) in [5.41, 5.74) is 0.158. The van der Waals surface area contributed by atoms with Gasteiger partial charge in [0.05, 0.1) is 0 Å². The van der Waals surface area contributed by atoms with Crippen LogP contribution < -0.4 is 0 Å². The molecule has 1 aliphatic rings. The van der Waals surface area contributed by atoms with Crippen molar-refractivity contribution in [1.29, 1.82) is 0 Å². The zero-order chi connectivity index (χ0) is 20.2. The van der Waals surface area contributed by atoms with Crippen LogP contribution in [-0.4, -0.2) is 57.1 Å². The third-order valence-electron chi connectivity index (χ3n) is 4.47. The molecule has 1 heterocycles. The Hall–Kier alpha value is -2.57. The number of nitrogens with zero attached hydrogens (tertiary/aromatic N) is 2. The number of ether oxygens (including phenoxy) is 1. The van der Waals surface area contributed by atoms with Gasteiger partial charge in [0.2, 0.25) is 5.91 Å². The monoisotopic (exact) mass is 376 g/mol. The summed E-state index contributed by atoms with van der Waals surface area (Å²) in [6.45, 7) is 7.49. The van der Waals surface area contributed by atoms with E-state index < -0.39 is 29.7 Å². The highest BCUT2D eigenvalue weighted by molar-refractivity contribution is 5.89. The van der Waals surface area contributed by atoms with Crippen LogP contribution in [0.15, 0.2) is 30.3 Å². The van der Waals surface area contributed by atoms with E-state index in [1.54, 1.807) is 27.7 Å². The van der Waals surface area contributed by atoms with Crippen LogP contribution >= 0.6 is 0 Å². The number of likely N-dealkylation sites (tertiary alicyclic amines) is 1. The van der Waals surface area contributed by atoms with Gasteiger partial charge in [-0.15, -0.1) is 0 Å². The summed E-state index contributed by atoms with van der Waals surface area (Å²) in [6, 6.07) is 7.65. The van der Waals surface area contributed by atoms with Gasteiger partial charge < -0.3 is 14.7 Å². The second-order valence-electron chi connectivity index (χ2n) is 7.80. The Morgan fingerprint density at radius 2 is 1.89 bits per heavy atom. The van der Waals surface area contributed by atoms with E-state index in [2.05, 4.69) is 0 Å². The first-order chi connectivity index (χ1) is 12.6. The van der Waals surface area contributed by atoms with E-state index in [4.69, 9.17) is 4.74 Å². The molecule has 7 nitrogen and oxygen atoms in total. The quantitative estimate of drug-likeness (QED) is 0.854. The molecule has 0 bridgehead atoms. The Morgan fingerprint density at radius 1 is 1.26 bits per heavy atom. The van der Waals surface area contributed by atoms with Crippen molar-refractivity contribution in [3.63, 3.8) is 0 Å². The van der Waals surface area contributed by atoms with Crippen LogP contribution in [0.25, 0.3) is 0 Å². The molecular formula is C20H28N2O5. The molecule has 0 aliphatic carbocycles. The van der Waals surface area contributed by atoms with Crippen LogP contribution in [-0.2, 0) is 20.9 Å². The number of hydrogen-bond acceptors (Lipinski definition) is 4. The van der Waals surface area contributed by atoms with Gasteiger partial charge in [0, 0.05) is 13.1 Å². The molecule has 1 aliphatic heterocycles. The molecule has 1 fully saturated rings. The molecule has 148 valence electrons. The lowest BCUT2D eigenvalue weighted by Crippen LogP contribution is -2.52. The number of hydrogen-bond donors (Lipinski definition) is 1. The standard InChI is InChI=1S/C20H28N2O5/c1-14(17(23)21-12-8-11-16(21)18(24)25)22(19(26)27-20(2,3)4)13-15-9-6-5-7-10-15/h5-7,9-10,14,16H,8,11-13H2,1-4H3,(H,24,25)/t14?,16-/m0/s1. The van der Waals surface area contributed by atoms with Crippen LogP contribution in [0.2, 0.25) is 0 Å². The Kier molecular flexibility index (Phi) is 6.46. The van der Waals surface area contributed by atoms with Crippen LogP contribution in [0.3, 0.4) is 0 Å². The summed E-state index contributed by atoms with van der Waals surface area (Å²) in [5.74, 6) is -1.39. The van der Waals surface area contributed by atoms with Gasteiger partial charge >= 0.3 is 12.1 Å². The van der Waals surface area contributed by atoms with E-state index in [0.29, 0.717) is 19.4 Å². The van der Waals surface area contributed by atoms with E-state index in [1.165, 1.54) is 9.80 Å². The van der Waals surface area contributed by atoms with E-state index in [0.717, 1.165) is 5.56 Å². The zero-order valence-corrected chi connectivity index (χ0v) is 16.3. The van der Waals surface area contributed by atoms with Crippen molar-refractivity contribution in [2.75, 3.05) is 6.54 Å². The third-order valence-corrected chi connectivity index (χ3v) is 4.47. The lowest BCUT2D eigenvalue weighted by Gasteiger charge is -2.34. The number of carbonyl (C=O) groups is 3. The Labute approximate surface area is 159 Å². The fourth-order valence-electron chi connectivity index (χ4n) is 3.12. The maximum atomic E-state index is 13.0. The lowest BCUT2D eigenvalue weighted by atomic mass is 10.1. The van der Waals surface area contributed by atoms with Crippen LogP contribution in [0, 0.1) is 0 Å². The molecule has 0 radical (unpaired) electrons. The minimum Gasteiger partial charge on any atom is -0.480 e. The second-order valence-corrected chi connectivity index (χ2v) is 7.80. The van der Waals surface area contributed by atoms with Crippen molar-refractivity contribution in [3.8, 4) is 0 Å². The van der Waals surface area contributed by atoms with Crippen LogP contribution in [0.5, 0.6) is 0 Å². The molecule has 1 aromatic carbocycles. The van der Waals surface area contributed by atoms with Gasteiger partial charge in [-0.25, -0.2) is 9.59 Å². The molecule has 0 saturated carbocycles. The Morgan fingerprint density at radius 3 is 2.44 bits per heavy atom. The fraction of sp³-hybridized carbons (Fsp3) is 0.550. The number of carboxylic acid groups (broad SMARTS) is 1. The molecule has 1 saturated heterocycles. The fourth-order valence-corrected chi connectivity index (χ4v) is 3.12. The van der Waals surface area contributed by atoms with Crippen molar-refractivity contribution >= 4 is 18.0 Å². The maximum absolute atomic E-state index is 13.0. The highest BCUT2D eigenvalue weighted by Crippen LogP contribution is 2.22. The molecule has 1 N–H and O–H groups in total. The summed E-state index contributed by atoms with van der Waals surface area (Å²) in [4.78, 5) is 39.9. The number of aliphatic carboxylic acids is 1. The van der Waals surface area contributed by atoms with E-state index in [1.807, 2.05) is 30.3 Å². The lowest BCUT2D eigenvalue weighted by molar-refractivity contribution is -0.150. The average Bonchev–Trinajstić information content (AvgIpc) is 3.07. The second kappa shape index (κ2) is 8.41. The third kappa shape index (κ3) is 5.45. The van der Waals surface area contributed by atoms with Gasteiger partial charge in [0.25, 0.3) is 0 Å². The number of carbonyl (C=O) groups excluding carboxylic acids is 2. The largest absolute Gasteiger partial charge is 0.480 e. The highest BCUT2D eigenvalue weighted by atomic mass is 16.6. The first-order valence-electron chi connectivity index (χ1n) is 9.17. The molecule has 7 heteroatoms.